The number of thiazole rings is 1. The molecule has 7 heteroatoms. The van der Waals surface area contributed by atoms with E-state index in [0.717, 1.165) is 33.3 Å². The molecule has 1 N–H and O–H groups in total. The van der Waals surface area contributed by atoms with Gasteiger partial charge < -0.3 is 19.5 Å². The lowest BCUT2D eigenvalue weighted by Gasteiger charge is -2.07. The number of aromatic nitrogens is 1. The monoisotopic (exact) mass is 386 g/mol. The maximum atomic E-state index is 13.7. The van der Waals surface area contributed by atoms with E-state index >= 15 is 0 Å². The van der Waals surface area contributed by atoms with E-state index in [1.165, 1.54) is 6.07 Å². The van der Waals surface area contributed by atoms with Crippen molar-refractivity contribution in [3.63, 3.8) is 0 Å². The van der Waals surface area contributed by atoms with Crippen molar-refractivity contribution in [3.8, 4) is 22.1 Å². The molecule has 0 bridgehead atoms. The summed E-state index contributed by atoms with van der Waals surface area (Å²) in [6.45, 7) is 1.80. The van der Waals surface area contributed by atoms with E-state index in [2.05, 4.69) is 10.3 Å². The van der Waals surface area contributed by atoms with Gasteiger partial charge in [0.15, 0.2) is 11.5 Å². The van der Waals surface area contributed by atoms with Crippen LogP contribution in [0.4, 0.5) is 4.39 Å². The lowest BCUT2D eigenvalue weighted by atomic mass is 10.1. The lowest BCUT2D eigenvalue weighted by molar-refractivity contribution is 0.174. The highest BCUT2D eigenvalue weighted by Crippen LogP contribution is 2.36. The van der Waals surface area contributed by atoms with Gasteiger partial charge in [-0.3, -0.25) is 0 Å². The lowest BCUT2D eigenvalue weighted by Crippen LogP contribution is -2.13. The minimum absolute atomic E-state index is 0.242. The number of hydrogen-bond acceptors (Lipinski definition) is 6. The molecule has 5 nitrogen and oxygen atoms in total. The number of halogens is 1. The van der Waals surface area contributed by atoms with Gasteiger partial charge in [0.1, 0.15) is 10.8 Å². The van der Waals surface area contributed by atoms with E-state index in [0.29, 0.717) is 18.7 Å². The maximum Gasteiger partial charge on any atom is 0.231 e. The van der Waals surface area contributed by atoms with Crippen molar-refractivity contribution in [1.82, 2.24) is 10.3 Å². The van der Waals surface area contributed by atoms with Crippen LogP contribution in [0.1, 0.15) is 16.8 Å². The smallest absolute Gasteiger partial charge is 0.231 e. The molecule has 27 heavy (non-hydrogen) atoms. The van der Waals surface area contributed by atoms with Gasteiger partial charge in [0, 0.05) is 36.7 Å². The van der Waals surface area contributed by atoms with Crippen LogP contribution in [0.25, 0.3) is 10.6 Å². The summed E-state index contributed by atoms with van der Waals surface area (Å²) in [4.78, 5) is 4.68. The van der Waals surface area contributed by atoms with Crippen molar-refractivity contribution in [3.05, 3.63) is 64.4 Å². The minimum atomic E-state index is -0.242. The molecule has 2 heterocycles. The zero-order chi connectivity index (χ0) is 18.6. The summed E-state index contributed by atoms with van der Waals surface area (Å²) in [6, 6.07) is 10.9. The third-order valence-corrected chi connectivity index (χ3v) is 5.16. The molecule has 4 rings (SSSR count). The highest BCUT2D eigenvalue weighted by atomic mass is 32.1. The Morgan fingerprint density at radius 3 is 2.93 bits per heavy atom. The second-order valence-electron chi connectivity index (χ2n) is 6.17. The van der Waals surface area contributed by atoms with Crippen LogP contribution < -0.4 is 14.8 Å². The molecule has 0 spiro atoms. The molecule has 3 aromatic rings. The number of ether oxygens (including phenoxy) is 3. The first-order valence-electron chi connectivity index (χ1n) is 8.54. The average molecular weight is 386 g/mol. The van der Waals surface area contributed by atoms with Crippen LogP contribution in [-0.2, 0) is 24.4 Å². The van der Waals surface area contributed by atoms with Crippen LogP contribution >= 0.6 is 11.3 Å². The third-order valence-electron chi connectivity index (χ3n) is 4.22. The largest absolute Gasteiger partial charge is 0.454 e. The molecule has 2 aromatic carbocycles. The molecular formula is C20H19FN2O3S. The summed E-state index contributed by atoms with van der Waals surface area (Å²) in [7, 11) is 1.56. The van der Waals surface area contributed by atoms with Gasteiger partial charge in [0.2, 0.25) is 6.79 Å². The van der Waals surface area contributed by atoms with Crippen LogP contribution in [0.15, 0.2) is 41.8 Å². The van der Waals surface area contributed by atoms with E-state index in [4.69, 9.17) is 14.2 Å². The van der Waals surface area contributed by atoms with Crippen molar-refractivity contribution in [2.75, 3.05) is 13.9 Å². The van der Waals surface area contributed by atoms with Crippen LogP contribution in [0.2, 0.25) is 0 Å². The molecule has 0 atom stereocenters. The SMILES string of the molecule is COCc1cc(CNCc2csc(-c3ccc4c(c3)OCO4)n2)ccc1F. The van der Waals surface area contributed by atoms with Crippen molar-refractivity contribution in [2.45, 2.75) is 19.7 Å². The summed E-state index contributed by atoms with van der Waals surface area (Å²) >= 11 is 1.59. The Morgan fingerprint density at radius 2 is 2.04 bits per heavy atom. The molecule has 0 saturated carbocycles. The standard InChI is InChI=1S/C20H19FN2O3S/c1-24-10-15-6-13(2-4-17(15)21)8-22-9-16-11-27-20(23-16)14-3-5-18-19(7-14)26-12-25-18/h2-7,11,22H,8-10,12H2,1H3. The number of nitrogens with one attached hydrogen (secondary N) is 1. The Kier molecular flexibility index (Phi) is 5.33. The number of methoxy groups -OCH3 is 1. The Labute approximate surface area is 160 Å². The van der Waals surface area contributed by atoms with Gasteiger partial charge in [-0.1, -0.05) is 6.07 Å². The molecule has 0 fully saturated rings. The van der Waals surface area contributed by atoms with Crippen molar-refractivity contribution in [2.24, 2.45) is 0 Å². The van der Waals surface area contributed by atoms with Crippen LogP contribution in [-0.4, -0.2) is 18.9 Å². The van der Waals surface area contributed by atoms with E-state index < -0.39 is 0 Å². The van der Waals surface area contributed by atoms with Gasteiger partial charge in [-0.25, -0.2) is 9.37 Å². The first-order chi connectivity index (χ1) is 13.2. The quantitative estimate of drug-likeness (QED) is 0.662. The second kappa shape index (κ2) is 8.04. The summed E-state index contributed by atoms with van der Waals surface area (Å²) in [5.41, 5.74) is 3.55. The van der Waals surface area contributed by atoms with E-state index in [-0.39, 0.29) is 19.2 Å². The second-order valence-corrected chi connectivity index (χ2v) is 7.03. The Balaban J connectivity index is 1.37. The molecule has 0 unspecified atom stereocenters. The predicted molar refractivity (Wildman–Crippen MR) is 101 cm³/mol. The molecule has 0 radical (unpaired) electrons. The van der Waals surface area contributed by atoms with Gasteiger partial charge in [0.25, 0.3) is 0 Å². The van der Waals surface area contributed by atoms with Crippen molar-refractivity contribution < 1.29 is 18.6 Å². The molecule has 0 saturated heterocycles. The number of rotatable bonds is 7. The van der Waals surface area contributed by atoms with Gasteiger partial charge >= 0.3 is 0 Å². The Hall–Kier alpha value is -2.48. The van der Waals surface area contributed by atoms with E-state index in [1.54, 1.807) is 24.5 Å². The molecule has 1 aliphatic rings. The number of hydrogen-bond donors (Lipinski definition) is 1. The molecule has 0 amide bonds. The topological polar surface area (TPSA) is 52.6 Å². The highest BCUT2D eigenvalue weighted by Gasteiger charge is 2.15. The van der Waals surface area contributed by atoms with Crippen LogP contribution in [0.5, 0.6) is 11.5 Å². The molecular weight excluding hydrogens is 367 g/mol. The minimum Gasteiger partial charge on any atom is -0.454 e. The van der Waals surface area contributed by atoms with Gasteiger partial charge in [-0.05, 0) is 35.9 Å². The van der Waals surface area contributed by atoms with Crippen LogP contribution in [0, 0.1) is 5.82 Å². The first-order valence-corrected chi connectivity index (χ1v) is 9.42. The third kappa shape index (κ3) is 4.10. The summed E-state index contributed by atoms with van der Waals surface area (Å²) < 4.78 is 29.5. The van der Waals surface area contributed by atoms with Crippen molar-refractivity contribution in [1.29, 1.82) is 0 Å². The van der Waals surface area contributed by atoms with Gasteiger partial charge in [-0.15, -0.1) is 11.3 Å². The van der Waals surface area contributed by atoms with Crippen LogP contribution in [0.3, 0.4) is 0 Å². The zero-order valence-corrected chi connectivity index (χ0v) is 15.6. The fourth-order valence-corrected chi connectivity index (χ4v) is 3.71. The summed E-state index contributed by atoms with van der Waals surface area (Å²) in [5, 5.41) is 6.32. The van der Waals surface area contributed by atoms with Crippen molar-refractivity contribution >= 4 is 11.3 Å². The highest BCUT2D eigenvalue weighted by molar-refractivity contribution is 7.13. The summed E-state index contributed by atoms with van der Waals surface area (Å²) in [6.07, 6.45) is 0. The molecule has 0 aliphatic carbocycles. The fraction of sp³-hybridized carbons (Fsp3) is 0.250. The number of fused-ring (bicyclic) bond motifs is 1. The molecule has 1 aromatic heterocycles. The predicted octanol–water partition coefficient (Wildman–Crippen LogP) is 4.11. The maximum absolute atomic E-state index is 13.7. The zero-order valence-electron chi connectivity index (χ0n) is 14.8. The Morgan fingerprint density at radius 1 is 1.15 bits per heavy atom. The average Bonchev–Trinajstić information content (AvgIpc) is 3.33. The number of benzene rings is 2. The van der Waals surface area contributed by atoms with E-state index in [1.807, 2.05) is 29.6 Å². The normalized spacial score (nSPS) is 12.5. The number of nitrogens with zero attached hydrogens (tertiary/aromatic N) is 1. The first kappa shape index (κ1) is 17.9. The Bertz CT molecular complexity index is 945. The van der Waals surface area contributed by atoms with Gasteiger partial charge in [0.05, 0.1) is 12.3 Å². The van der Waals surface area contributed by atoms with Gasteiger partial charge in [-0.2, -0.15) is 0 Å². The fourth-order valence-electron chi connectivity index (χ4n) is 2.89. The van der Waals surface area contributed by atoms with E-state index in [9.17, 15) is 4.39 Å². The summed E-state index contributed by atoms with van der Waals surface area (Å²) in [5.74, 6) is 1.28. The molecule has 140 valence electrons. The molecule has 1 aliphatic heterocycles.